The number of carbonyl (C=O) groups excluding carboxylic acids is 1. The first-order valence-electron chi connectivity index (χ1n) is 15.1. The molecule has 1 atom stereocenters. The molecule has 0 aliphatic carbocycles. The highest BCUT2D eigenvalue weighted by molar-refractivity contribution is 5.84. The molecule has 0 aromatic heterocycles. The molecule has 1 aliphatic heterocycles. The van der Waals surface area contributed by atoms with Gasteiger partial charge >= 0.3 is 0 Å². The average Bonchev–Trinajstić information content (AvgIpc) is 3.02. The number of hydrogen-bond acceptors (Lipinski definition) is 2. The zero-order valence-corrected chi connectivity index (χ0v) is 23.9. The molecule has 41 heavy (non-hydrogen) atoms. The third-order valence-corrected chi connectivity index (χ3v) is 8.36. The topological polar surface area (TPSA) is 23.6 Å². The fourth-order valence-electron chi connectivity index (χ4n) is 6.13. The first-order chi connectivity index (χ1) is 20.2. The smallest absolute Gasteiger partial charge is 0.244 e. The van der Waals surface area contributed by atoms with Crippen molar-refractivity contribution >= 4 is 5.91 Å². The van der Waals surface area contributed by atoms with E-state index < -0.39 is 0 Å². The number of halogens is 1. The number of piperazine rings is 1. The lowest BCUT2D eigenvalue weighted by molar-refractivity contribution is -0.145. The van der Waals surface area contributed by atoms with Crippen LogP contribution in [-0.2, 0) is 24.1 Å². The largest absolute Gasteiger partial charge is 0.337 e. The van der Waals surface area contributed by atoms with E-state index >= 15 is 0 Å². The van der Waals surface area contributed by atoms with Crippen LogP contribution in [0.4, 0.5) is 4.39 Å². The number of amides is 1. The zero-order chi connectivity index (χ0) is 28.3. The number of hydrogen-bond donors (Lipinski definition) is 0. The van der Waals surface area contributed by atoms with Crippen LogP contribution in [0.5, 0.6) is 0 Å². The number of nitrogens with zero attached hydrogens (tertiary/aromatic N) is 2. The summed E-state index contributed by atoms with van der Waals surface area (Å²) in [6.45, 7) is 2.34. The molecule has 1 amide bonds. The van der Waals surface area contributed by atoms with Gasteiger partial charge in [0.1, 0.15) is 11.9 Å². The van der Waals surface area contributed by atoms with Gasteiger partial charge in [0, 0.05) is 25.7 Å². The van der Waals surface area contributed by atoms with Crippen molar-refractivity contribution in [1.82, 2.24) is 9.80 Å². The Balaban J connectivity index is 1.30. The number of benzene rings is 4. The van der Waals surface area contributed by atoms with E-state index in [0.29, 0.717) is 0 Å². The average molecular weight is 549 g/mol. The lowest BCUT2D eigenvalue weighted by atomic mass is 9.94. The summed E-state index contributed by atoms with van der Waals surface area (Å²) in [6.07, 6.45) is 6.99. The fraction of sp³-hybridized carbons (Fsp3) is 0.324. The van der Waals surface area contributed by atoms with Crippen LogP contribution in [0, 0.1) is 5.82 Å². The Morgan fingerprint density at radius 1 is 0.634 bits per heavy atom. The van der Waals surface area contributed by atoms with Gasteiger partial charge in [-0.1, -0.05) is 103 Å². The second kappa shape index (κ2) is 14.7. The lowest BCUT2D eigenvalue weighted by Crippen LogP contribution is -2.55. The quantitative estimate of drug-likeness (QED) is 0.171. The van der Waals surface area contributed by atoms with Crippen molar-refractivity contribution in [3.8, 4) is 0 Å². The number of carbonyl (C=O) groups is 1. The second-order valence-corrected chi connectivity index (χ2v) is 11.2. The second-order valence-electron chi connectivity index (χ2n) is 11.2. The minimum absolute atomic E-state index is 0.214. The molecule has 212 valence electrons. The van der Waals surface area contributed by atoms with Gasteiger partial charge in [0.05, 0.1) is 0 Å². The highest BCUT2D eigenvalue weighted by Gasteiger charge is 2.38. The first-order valence-corrected chi connectivity index (χ1v) is 15.1. The van der Waals surface area contributed by atoms with Crippen molar-refractivity contribution in [1.29, 1.82) is 0 Å². The van der Waals surface area contributed by atoms with Gasteiger partial charge in [-0.05, 0) is 79.3 Å². The fourth-order valence-corrected chi connectivity index (χ4v) is 6.13. The lowest BCUT2D eigenvalue weighted by Gasteiger charge is -2.44. The molecule has 3 nitrogen and oxygen atoms in total. The van der Waals surface area contributed by atoms with E-state index in [-0.39, 0.29) is 23.8 Å². The van der Waals surface area contributed by atoms with Crippen molar-refractivity contribution in [3.63, 3.8) is 0 Å². The molecule has 1 aliphatic rings. The van der Waals surface area contributed by atoms with Crippen molar-refractivity contribution in [2.45, 2.75) is 57.0 Å². The molecule has 4 heteroatoms. The van der Waals surface area contributed by atoms with E-state index in [4.69, 9.17) is 0 Å². The summed E-state index contributed by atoms with van der Waals surface area (Å²) in [6, 6.07) is 38.2. The molecule has 0 saturated carbocycles. The van der Waals surface area contributed by atoms with Gasteiger partial charge in [-0.2, -0.15) is 0 Å². The minimum atomic E-state index is -0.295. The first kappa shape index (κ1) is 28.8. The van der Waals surface area contributed by atoms with Crippen molar-refractivity contribution in [2.75, 3.05) is 19.6 Å². The standard InChI is InChI=1S/C37H41FN2O/c38-34-24-22-32(23-25-34)26-27-39-28-29-40(37(41)36(39)33-18-8-3-9-19-33)35(20-10-16-30-12-4-1-5-13-30)21-11-17-31-14-6-2-7-15-31/h1-9,12-15,18-19,22-25,35-36H,10-11,16-17,20-21,26-29H2. The summed E-state index contributed by atoms with van der Waals surface area (Å²) >= 11 is 0. The predicted molar refractivity (Wildman–Crippen MR) is 165 cm³/mol. The molecule has 5 rings (SSSR count). The number of aryl methyl sites for hydroxylation is 2. The Morgan fingerprint density at radius 3 is 1.71 bits per heavy atom. The third kappa shape index (κ3) is 8.14. The van der Waals surface area contributed by atoms with Crippen LogP contribution < -0.4 is 0 Å². The monoisotopic (exact) mass is 548 g/mol. The van der Waals surface area contributed by atoms with Crippen LogP contribution in [0.15, 0.2) is 115 Å². The minimum Gasteiger partial charge on any atom is -0.337 e. The van der Waals surface area contributed by atoms with Gasteiger partial charge in [0.15, 0.2) is 0 Å². The van der Waals surface area contributed by atoms with Gasteiger partial charge in [-0.3, -0.25) is 9.69 Å². The van der Waals surface area contributed by atoms with E-state index in [1.807, 2.05) is 30.3 Å². The summed E-state index contributed by atoms with van der Waals surface area (Å²) in [5, 5.41) is 0. The molecule has 0 spiro atoms. The molecular formula is C37H41FN2O. The molecule has 1 fully saturated rings. The number of rotatable bonds is 13. The van der Waals surface area contributed by atoms with Crippen LogP contribution in [-0.4, -0.2) is 41.4 Å². The summed E-state index contributed by atoms with van der Waals surface area (Å²) in [5.74, 6) is -0.00347. The third-order valence-electron chi connectivity index (χ3n) is 8.36. The van der Waals surface area contributed by atoms with E-state index in [0.717, 1.165) is 75.7 Å². The normalized spacial score (nSPS) is 15.9. The molecule has 0 radical (unpaired) electrons. The molecule has 1 heterocycles. The summed E-state index contributed by atoms with van der Waals surface area (Å²) < 4.78 is 13.4. The van der Waals surface area contributed by atoms with Gasteiger partial charge in [0.2, 0.25) is 5.91 Å². The summed E-state index contributed by atoms with van der Waals surface area (Å²) in [4.78, 5) is 18.9. The maximum absolute atomic E-state index is 14.3. The van der Waals surface area contributed by atoms with E-state index in [1.165, 1.54) is 23.3 Å². The Kier molecular flexibility index (Phi) is 10.3. The van der Waals surface area contributed by atoms with Crippen LogP contribution >= 0.6 is 0 Å². The van der Waals surface area contributed by atoms with Crippen LogP contribution in [0.25, 0.3) is 0 Å². The van der Waals surface area contributed by atoms with Gasteiger partial charge < -0.3 is 4.90 Å². The SMILES string of the molecule is O=C1C(c2ccccc2)N(CCc2ccc(F)cc2)CCN1C(CCCc1ccccc1)CCCc1ccccc1. The summed E-state index contributed by atoms with van der Waals surface area (Å²) in [5.41, 5.74) is 4.85. The van der Waals surface area contributed by atoms with Gasteiger partial charge in [-0.15, -0.1) is 0 Å². The summed E-state index contributed by atoms with van der Waals surface area (Å²) in [7, 11) is 0. The molecular weight excluding hydrogens is 507 g/mol. The zero-order valence-electron chi connectivity index (χ0n) is 23.9. The van der Waals surface area contributed by atoms with Crippen LogP contribution in [0.1, 0.15) is 54.0 Å². The van der Waals surface area contributed by atoms with Crippen LogP contribution in [0.2, 0.25) is 0 Å². The Labute approximate surface area is 244 Å². The highest BCUT2D eigenvalue weighted by atomic mass is 19.1. The predicted octanol–water partition coefficient (Wildman–Crippen LogP) is 7.67. The maximum Gasteiger partial charge on any atom is 0.244 e. The molecule has 0 N–H and O–H groups in total. The van der Waals surface area contributed by atoms with Crippen LogP contribution in [0.3, 0.4) is 0 Å². The Bertz CT molecular complexity index is 1280. The van der Waals surface area contributed by atoms with E-state index in [2.05, 4.69) is 82.6 Å². The molecule has 4 aromatic carbocycles. The molecule has 1 unspecified atom stereocenters. The van der Waals surface area contributed by atoms with Crippen molar-refractivity contribution in [2.24, 2.45) is 0 Å². The Hall–Kier alpha value is -3.76. The van der Waals surface area contributed by atoms with Crippen molar-refractivity contribution in [3.05, 3.63) is 143 Å². The van der Waals surface area contributed by atoms with Crippen molar-refractivity contribution < 1.29 is 9.18 Å². The molecule has 0 bridgehead atoms. The van der Waals surface area contributed by atoms with E-state index in [1.54, 1.807) is 0 Å². The Morgan fingerprint density at radius 2 is 1.15 bits per heavy atom. The maximum atomic E-state index is 14.3. The van der Waals surface area contributed by atoms with Gasteiger partial charge in [0.25, 0.3) is 0 Å². The van der Waals surface area contributed by atoms with Gasteiger partial charge in [-0.25, -0.2) is 4.39 Å². The van der Waals surface area contributed by atoms with E-state index in [9.17, 15) is 9.18 Å². The molecule has 1 saturated heterocycles. The molecule has 4 aromatic rings. The highest BCUT2D eigenvalue weighted by Crippen LogP contribution is 2.30.